The third-order valence-electron chi connectivity index (χ3n) is 4.78. The number of nitrogens with one attached hydrogen (secondary N) is 3. The van der Waals surface area contributed by atoms with Gasteiger partial charge in [0.25, 0.3) is 0 Å². The Kier molecular flexibility index (Phi) is 7.33. The van der Waals surface area contributed by atoms with Gasteiger partial charge in [0.1, 0.15) is 11.6 Å². The summed E-state index contributed by atoms with van der Waals surface area (Å²) in [6, 6.07) is 7.67. The van der Waals surface area contributed by atoms with Crippen LogP contribution in [0.3, 0.4) is 0 Å². The summed E-state index contributed by atoms with van der Waals surface area (Å²) in [4.78, 5) is 49.1. The maximum absolute atomic E-state index is 12.7. The lowest BCUT2D eigenvalue weighted by atomic mass is 9.95. The summed E-state index contributed by atoms with van der Waals surface area (Å²) >= 11 is 0. The molecule has 0 bridgehead atoms. The number of benzene rings is 1. The molecule has 0 saturated carbocycles. The molecule has 0 spiro atoms. The maximum atomic E-state index is 12.7. The van der Waals surface area contributed by atoms with Gasteiger partial charge in [-0.05, 0) is 39.7 Å². The molecule has 1 heterocycles. The van der Waals surface area contributed by atoms with Crippen molar-refractivity contribution in [2.24, 2.45) is 5.73 Å². The molecule has 1 aromatic carbocycles. The van der Waals surface area contributed by atoms with Crippen LogP contribution in [0.15, 0.2) is 30.3 Å². The zero-order valence-electron chi connectivity index (χ0n) is 17.8. The fourth-order valence-corrected chi connectivity index (χ4v) is 2.69. The van der Waals surface area contributed by atoms with E-state index in [-0.39, 0.29) is 12.3 Å². The number of hydrogen-bond donors (Lipinski definition) is 4. The number of epoxide rings is 1. The van der Waals surface area contributed by atoms with Gasteiger partial charge in [-0.15, -0.1) is 0 Å². The van der Waals surface area contributed by atoms with Crippen LogP contribution in [0.1, 0.15) is 33.3 Å². The average molecular weight is 418 g/mol. The van der Waals surface area contributed by atoms with Gasteiger partial charge in [-0.2, -0.15) is 0 Å². The van der Waals surface area contributed by atoms with E-state index in [0.717, 1.165) is 5.56 Å². The van der Waals surface area contributed by atoms with E-state index in [2.05, 4.69) is 16.0 Å². The summed E-state index contributed by atoms with van der Waals surface area (Å²) in [5.41, 5.74) is 4.57. The molecule has 1 aliphatic rings. The number of ether oxygens (including phenoxy) is 1. The van der Waals surface area contributed by atoms with Crippen molar-refractivity contribution in [2.75, 3.05) is 13.2 Å². The molecule has 9 heteroatoms. The number of amides is 3. The average Bonchev–Trinajstić information content (AvgIpc) is 3.43. The normalized spacial score (nSPS) is 19.9. The van der Waals surface area contributed by atoms with E-state index in [1.807, 2.05) is 30.3 Å². The lowest BCUT2D eigenvalue weighted by molar-refractivity contribution is -0.132. The van der Waals surface area contributed by atoms with E-state index in [0.29, 0.717) is 13.0 Å². The lowest BCUT2D eigenvalue weighted by Gasteiger charge is -2.22. The Morgan fingerprint density at radius 3 is 2.30 bits per heavy atom. The first-order valence-electron chi connectivity index (χ1n) is 9.81. The Morgan fingerprint density at radius 1 is 1.17 bits per heavy atom. The Balaban J connectivity index is 1.91. The second-order valence-corrected chi connectivity index (χ2v) is 8.33. The zero-order valence-corrected chi connectivity index (χ0v) is 17.8. The molecule has 1 aromatic rings. The van der Waals surface area contributed by atoms with Crippen molar-refractivity contribution in [3.05, 3.63) is 35.9 Å². The Hall–Kier alpha value is -2.78. The lowest BCUT2D eigenvalue weighted by Crippen LogP contribution is -2.56. The smallest absolute Gasteiger partial charge is 0.242 e. The number of carbonyl (C=O) groups excluding carboxylic acids is 4. The third-order valence-corrected chi connectivity index (χ3v) is 4.78. The van der Waals surface area contributed by atoms with E-state index < -0.39 is 40.9 Å². The zero-order chi connectivity index (χ0) is 22.5. The summed E-state index contributed by atoms with van der Waals surface area (Å²) in [7, 11) is 0. The van der Waals surface area contributed by atoms with Crippen LogP contribution in [-0.4, -0.2) is 59.9 Å². The van der Waals surface area contributed by atoms with Crippen molar-refractivity contribution >= 4 is 23.5 Å². The molecule has 5 N–H and O–H groups in total. The van der Waals surface area contributed by atoms with E-state index in [1.54, 1.807) is 6.92 Å². The minimum Gasteiger partial charge on any atom is -0.361 e. The van der Waals surface area contributed by atoms with Gasteiger partial charge in [-0.25, -0.2) is 0 Å². The number of carbonyl (C=O) groups is 4. The second kappa shape index (κ2) is 9.36. The van der Waals surface area contributed by atoms with Crippen molar-refractivity contribution in [3.63, 3.8) is 0 Å². The van der Waals surface area contributed by atoms with Crippen molar-refractivity contribution in [2.45, 2.75) is 57.3 Å². The topological polar surface area (TPSA) is 143 Å². The van der Waals surface area contributed by atoms with Crippen molar-refractivity contribution < 1.29 is 23.9 Å². The molecule has 0 radical (unpaired) electrons. The number of Topliss-reactive ketones (excluding diaryl/α,β-unsaturated/α-hetero) is 1. The summed E-state index contributed by atoms with van der Waals surface area (Å²) in [5, 5.41) is 7.62. The second-order valence-electron chi connectivity index (χ2n) is 8.33. The summed E-state index contributed by atoms with van der Waals surface area (Å²) in [5.74, 6) is -1.75. The van der Waals surface area contributed by atoms with Crippen LogP contribution in [0.5, 0.6) is 0 Å². The standard InChI is InChI=1S/C21H30N4O5/c1-13(24-19(29)20(2,3)22)18(28)23-11-16(26)25-15(17(27)21(4)12-30-21)10-14-8-6-5-7-9-14/h5-9,13,15H,10-12,22H2,1-4H3,(H,23,28)(H,24,29)(H,25,26)/t13?,15?,21-/m1/s1. The number of hydrogen-bond acceptors (Lipinski definition) is 6. The summed E-state index contributed by atoms with van der Waals surface area (Å²) < 4.78 is 5.23. The monoisotopic (exact) mass is 418 g/mol. The van der Waals surface area contributed by atoms with Crippen molar-refractivity contribution in [1.82, 2.24) is 16.0 Å². The first kappa shape index (κ1) is 23.5. The molecule has 0 aromatic heterocycles. The molecule has 3 atom stereocenters. The molecular weight excluding hydrogens is 388 g/mol. The molecule has 0 aliphatic carbocycles. The highest BCUT2D eigenvalue weighted by molar-refractivity contribution is 5.97. The van der Waals surface area contributed by atoms with Crippen LogP contribution in [0.4, 0.5) is 0 Å². The van der Waals surface area contributed by atoms with Crippen LogP contribution in [0.2, 0.25) is 0 Å². The predicted molar refractivity (Wildman–Crippen MR) is 110 cm³/mol. The molecular formula is C21H30N4O5. The summed E-state index contributed by atoms with van der Waals surface area (Å²) in [6.45, 7) is 6.21. The largest absolute Gasteiger partial charge is 0.361 e. The molecule has 1 saturated heterocycles. The van der Waals surface area contributed by atoms with Crippen LogP contribution in [-0.2, 0) is 30.3 Å². The molecule has 9 nitrogen and oxygen atoms in total. The quantitative estimate of drug-likeness (QED) is 0.375. The van der Waals surface area contributed by atoms with E-state index in [4.69, 9.17) is 10.5 Å². The number of ketones is 1. The van der Waals surface area contributed by atoms with Crippen LogP contribution in [0, 0.1) is 0 Å². The molecule has 2 rings (SSSR count). The summed E-state index contributed by atoms with van der Waals surface area (Å²) in [6.07, 6.45) is 0.316. The molecule has 1 fully saturated rings. The van der Waals surface area contributed by atoms with Gasteiger partial charge in [-0.3, -0.25) is 19.2 Å². The molecule has 3 amide bonds. The van der Waals surface area contributed by atoms with Crippen LogP contribution in [0.25, 0.3) is 0 Å². The van der Waals surface area contributed by atoms with Gasteiger partial charge in [0.2, 0.25) is 17.7 Å². The molecule has 30 heavy (non-hydrogen) atoms. The minimum absolute atomic E-state index is 0.211. The highest BCUT2D eigenvalue weighted by Gasteiger charge is 2.50. The van der Waals surface area contributed by atoms with E-state index in [1.165, 1.54) is 20.8 Å². The number of rotatable bonds is 10. The Bertz CT molecular complexity index is 799. The third kappa shape index (κ3) is 6.64. The van der Waals surface area contributed by atoms with Crippen LogP contribution < -0.4 is 21.7 Å². The van der Waals surface area contributed by atoms with Gasteiger partial charge >= 0.3 is 0 Å². The molecule has 1 aliphatic heterocycles. The van der Waals surface area contributed by atoms with Crippen molar-refractivity contribution in [3.8, 4) is 0 Å². The molecule has 164 valence electrons. The SMILES string of the molecule is CC(NC(=O)C(C)(C)N)C(=O)NCC(=O)NC(Cc1ccccc1)C(=O)[C@@]1(C)CO1. The maximum Gasteiger partial charge on any atom is 0.242 e. The highest BCUT2D eigenvalue weighted by atomic mass is 16.6. The Morgan fingerprint density at radius 2 is 1.77 bits per heavy atom. The van der Waals surface area contributed by atoms with E-state index in [9.17, 15) is 19.2 Å². The van der Waals surface area contributed by atoms with E-state index >= 15 is 0 Å². The predicted octanol–water partition coefficient (Wildman–Crippen LogP) is -0.570. The Labute approximate surface area is 176 Å². The van der Waals surface area contributed by atoms with Crippen LogP contribution >= 0.6 is 0 Å². The molecule has 2 unspecified atom stereocenters. The minimum atomic E-state index is -1.13. The van der Waals surface area contributed by atoms with Gasteiger partial charge in [0.15, 0.2) is 5.78 Å². The fourth-order valence-electron chi connectivity index (χ4n) is 2.69. The first-order chi connectivity index (χ1) is 13.9. The fraction of sp³-hybridized carbons (Fsp3) is 0.524. The van der Waals surface area contributed by atoms with Crippen molar-refractivity contribution in [1.29, 1.82) is 0 Å². The van der Waals surface area contributed by atoms with Gasteiger partial charge < -0.3 is 26.4 Å². The van der Waals surface area contributed by atoms with Gasteiger partial charge in [0, 0.05) is 0 Å². The van der Waals surface area contributed by atoms with Gasteiger partial charge in [0.05, 0.1) is 24.7 Å². The highest BCUT2D eigenvalue weighted by Crippen LogP contribution is 2.29. The number of nitrogens with two attached hydrogens (primary N) is 1. The van der Waals surface area contributed by atoms with Gasteiger partial charge in [-0.1, -0.05) is 30.3 Å². The first-order valence-corrected chi connectivity index (χ1v) is 9.81.